The fraction of sp³-hybridized carbons (Fsp3) is 0.133. The number of ether oxygens (including phenoxy) is 1. The summed E-state index contributed by atoms with van der Waals surface area (Å²) in [5, 5.41) is 9.59. The minimum Gasteiger partial charge on any atom is -0.493 e. The molecule has 0 fully saturated rings. The Kier molecular flexibility index (Phi) is 5.32. The molecule has 0 saturated carbocycles. The summed E-state index contributed by atoms with van der Waals surface area (Å²) >= 11 is 7.35. The molecule has 2 aromatic carbocycles. The van der Waals surface area contributed by atoms with Crippen molar-refractivity contribution in [2.45, 2.75) is 4.90 Å². The summed E-state index contributed by atoms with van der Waals surface area (Å²) in [6, 6.07) is 14.1. The van der Waals surface area contributed by atoms with Gasteiger partial charge in [0.1, 0.15) is 5.75 Å². The van der Waals surface area contributed by atoms with Gasteiger partial charge in [0.05, 0.1) is 12.2 Å². The highest BCUT2D eigenvalue weighted by molar-refractivity contribution is 7.99. The highest BCUT2D eigenvalue weighted by Crippen LogP contribution is 2.20. The summed E-state index contributed by atoms with van der Waals surface area (Å²) < 4.78 is 5.56. The first-order valence-electron chi connectivity index (χ1n) is 6.00. The quantitative estimate of drug-likeness (QED) is 0.641. The van der Waals surface area contributed by atoms with E-state index in [1.807, 2.05) is 18.2 Å². The fourth-order valence-electron chi connectivity index (χ4n) is 1.57. The minimum atomic E-state index is -0.912. The summed E-state index contributed by atoms with van der Waals surface area (Å²) in [5.74, 6) is 0.602. The van der Waals surface area contributed by atoms with Crippen LogP contribution in [0.3, 0.4) is 0 Å². The zero-order valence-corrected chi connectivity index (χ0v) is 12.2. The Morgan fingerprint density at radius 1 is 1.20 bits per heavy atom. The summed E-state index contributed by atoms with van der Waals surface area (Å²) in [5.41, 5.74) is 0.300. The van der Waals surface area contributed by atoms with Crippen LogP contribution in [0.15, 0.2) is 53.4 Å². The van der Waals surface area contributed by atoms with E-state index in [0.29, 0.717) is 17.2 Å². The maximum Gasteiger partial charge on any atom is 0.335 e. The summed E-state index contributed by atoms with van der Waals surface area (Å²) in [7, 11) is 0. The van der Waals surface area contributed by atoms with Crippen LogP contribution >= 0.6 is 23.4 Å². The van der Waals surface area contributed by atoms with E-state index in [1.54, 1.807) is 42.1 Å². The van der Waals surface area contributed by atoms with Gasteiger partial charge < -0.3 is 9.84 Å². The van der Waals surface area contributed by atoms with E-state index in [4.69, 9.17) is 21.4 Å². The lowest BCUT2D eigenvalue weighted by molar-refractivity contribution is 0.0696. The monoisotopic (exact) mass is 308 g/mol. The molecule has 0 aromatic heterocycles. The SMILES string of the molecule is O=C(O)c1cccc(SCCOc2ccc(Cl)cc2)c1. The molecule has 0 spiro atoms. The van der Waals surface area contributed by atoms with Gasteiger partial charge in [-0.25, -0.2) is 4.79 Å². The molecule has 0 heterocycles. The molecule has 0 unspecified atom stereocenters. The fourth-order valence-corrected chi connectivity index (χ4v) is 2.48. The van der Waals surface area contributed by atoms with Crippen molar-refractivity contribution in [1.82, 2.24) is 0 Å². The van der Waals surface area contributed by atoms with Crippen LogP contribution in [0, 0.1) is 0 Å². The van der Waals surface area contributed by atoms with Crippen molar-refractivity contribution < 1.29 is 14.6 Å². The number of hydrogen-bond donors (Lipinski definition) is 1. The third-order valence-corrected chi connectivity index (χ3v) is 3.73. The number of carboxylic acids is 1. The van der Waals surface area contributed by atoms with Gasteiger partial charge in [0.2, 0.25) is 0 Å². The van der Waals surface area contributed by atoms with Gasteiger partial charge in [0.25, 0.3) is 0 Å². The van der Waals surface area contributed by atoms with E-state index in [2.05, 4.69) is 0 Å². The third-order valence-electron chi connectivity index (χ3n) is 2.52. The summed E-state index contributed by atoms with van der Waals surface area (Å²) in [6.07, 6.45) is 0. The number of carboxylic acid groups (broad SMARTS) is 1. The zero-order chi connectivity index (χ0) is 14.4. The van der Waals surface area contributed by atoms with Gasteiger partial charge >= 0.3 is 5.97 Å². The summed E-state index contributed by atoms with van der Waals surface area (Å²) in [4.78, 5) is 11.8. The lowest BCUT2D eigenvalue weighted by atomic mass is 10.2. The number of thioether (sulfide) groups is 1. The molecule has 2 aromatic rings. The Morgan fingerprint density at radius 2 is 1.95 bits per heavy atom. The molecule has 0 aliphatic carbocycles. The largest absolute Gasteiger partial charge is 0.493 e. The average molecular weight is 309 g/mol. The predicted octanol–water partition coefficient (Wildman–Crippen LogP) is 4.21. The first-order valence-corrected chi connectivity index (χ1v) is 7.36. The first-order chi connectivity index (χ1) is 9.65. The van der Waals surface area contributed by atoms with Crippen molar-refractivity contribution in [2.75, 3.05) is 12.4 Å². The number of halogens is 1. The molecule has 0 saturated heterocycles. The lowest BCUT2D eigenvalue weighted by Gasteiger charge is -2.06. The molecular weight excluding hydrogens is 296 g/mol. The van der Waals surface area contributed by atoms with Gasteiger partial charge in [-0.15, -0.1) is 11.8 Å². The maximum absolute atomic E-state index is 10.9. The molecule has 0 amide bonds. The van der Waals surface area contributed by atoms with Crippen molar-refractivity contribution in [3.8, 4) is 5.75 Å². The normalized spacial score (nSPS) is 10.2. The molecule has 0 aliphatic heterocycles. The Balaban J connectivity index is 1.79. The van der Waals surface area contributed by atoms with E-state index in [-0.39, 0.29) is 0 Å². The van der Waals surface area contributed by atoms with Crippen molar-refractivity contribution >= 4 is 29.3 Å². The molecule has 0 aliphatic rings. The zero-order valence-electron chi connectivity index (χ0n) is 10.6. The second-order valence-electron chi connectivity index (χ2n) is 3.98. The second kappa shape index (κ2) is 7.22. The van der Waals surface area contributed by atoms with Gasteiger partial charge in [-0.1, -0.05) is 17.7 Å². The van der Waals surface area contributed by atoms with Crippen LogP contribution in [0.25, 0.3) is 0 Å². The topological polar surface area (TPSA) is 46.5 Å². The van der Waals surface area contributed by atoms with Crippen LogP contribution in [-0.4, -0.2) is 23.4 Å². The molecule has 3 nitrogen and oxygen atoms in total. The maximum atomic E-state index is 10.9. The molecule has 0 bridgehead atoms. The van der Waals surface area contributed by atoms with Crippen molar-refractivity contribution in [3.05, 3.63) is 59.1 Å². The van der Waals surface area contributed by atoms with Crippen LogP contribution in [0.1, 0.15) is 10.4 Å². The third kappa shape index (κ3) is 4.47. The predicted molar refractivity (Wildman–Crippen MR) is 81.1 cm³/mol. The molecule has 20 heavy (non-hydrogen) atoms. The van der Waals surface area contributed by atoms with Crippen molar-refractivity contribution in [1.29, 1.82) is 0 Å². The number of aromatic carboxylic acids is 1. The number of benzene rings is 2. The van der Waals surface area contributed by atoms with E-state index in [0.717, 1.165) is 16.4 Å². The van der Waals surface area contributed by atoms with Gasteiger partial charge in [0.15, 0.2) is 0 Å². The number of rotatable bonds is 6. The molecule has 1 N–H and O–H groups in total. The van der Waals surface area contributed by atoms with Crippen LogP contribution in [0.5, 0.6) is 5.75 Å². The van der Waals surface area contributed by atoms with Gasteiger partial charge in [-0.2, -0.15) is 0 Å². The van der Waals surface area contributed by atoms with E-state index >= 15 is 0 Å². The molecule has 104 valence electrons. The van der Waals surface area contributed by atoms with Crippen molar-refractivity contribution in [2.24, 2.45) is 0 Å². The van der Waals surface area contributed by atoms with Gasteiger partial charge in [-0.3, -0.25) is 0 Å². The smallest absolute Gasteiger partial charge is 0.335 e. The second-order valence-corrected chi connectivity index (χ2v) is 5.59. The Morgan fingerprint density at radius 3 is 2.65 bits per heavy atom. The van der Waals surface area contributed by atoms with Crippen LogP contribution in [0.4, 0.5) is 0 Å². The Bertz CT molecular complexity index is 584. The van der Waals surface area contributed by atoms with Gasteiger partial charge in [-0.05, 0) is 42.5 Å². The highest BCUT2D eigenvalue weighted by atomic mass is 35.5. The molecule has 0 atom stereocenters. The minimum absolute atomic E-state index is 0.300. The summed E-state index contributed by atoms with van der Waals surface area (Å²) in [6.45, 7) is 0.545. The molecule has 5 heteroatoms. The molecule has 2 rings (SSSR count). The number of carbonyl (C=O) groups is 1. The van der Waals surface area contributed by atoms with Crippen LogP contribution in [-0.2, 0) is 0 Å². The highest BCUT2D eigenvalue weighted by Gasteiger charge is 2.03. The Hall–Kier alpha value is -1.65. The van der Waals surface area contributed by atoms with E-state index in [9.17, 15) is 4.79 Å². The van der Waals surface area contributed by atoms with Crippen LogP contribution in [0.2, 0.25) is 5.02 Å². The van der Waals surface area contributed by atoms with E-state index in [1.165, 1.54) is 0 Å². The lowest BCUT2D eigenvalue weighted by Crippen LogP contribution is -2.00. The molecule has 0 radical (unpaired) electrons. The average Bonchev–Trinajstić information content (AvgIpc) is 2.46. The molecular formula is C15H13ClO3S. The van der Waals surface area contributed by atoms with E-state index < -0.39 is 5.97 Å². The standard InChI is InChI=1S/C15H13ClO3S/c16-12-4-6-13(7-5-12)19-8-9-20-14-3-1-2-11(10-14)15(17)18/h1-7,10H,8-9H2,(H,17,18). The first kappa shape index (κ1) is 14.8. The van der Waals surface area contributed by atoms with Crippen LogP contribution < -0.4 is 4.74 Å². The van der Waals surface area contributed by atoms with Gasteiger partial charge in [0, 0.05) is 15.7 Å². The Labute approximate surface area is 126 Å². The van der Waals surface area contributed by atoms with Crippen molar-refractivity contribution in [3.63, 3.8) is 0 Å². The number of hydrogen-bond acceptors (Lipinski definition) is 3.